The molecule has 0 saturated heterocycles. The molecule has 1 aliphatic heterocycles. The first kappa shape index (κ1) is 17.1. The summed E-state index contributed by atoms with van der Waals surface area (Å²) < 4.78 is 28.1. The van der Waals surface area contributed by atoms with E-state index in [1.807, 2.05) is 11.0 Å². The number of nitrogens with one attached hydrogen (secondary N) is 2. The maximum atomic E-state index is 12.8. The first-order valence-electron chi connectivity index (χ1n) is 8.85. The monoisotopic (exact) mass is 374 g/mol. The van der Waals surface area contributed by atoms with Gasteiger partial charge in [-0.1, -0.05) is 6.07 Å². The Labute approximate surface area is 152 Å². The van der Waals surface area contributed by atoms with E-state index in [1.165, 1.54) is 0 Å². The standard InChI is InChI=1S/C18H22N4O3S/c1-11-17(12(2)20-19-11)26(24,25)21-15-8-7-13-4-3-9-22(16(13)10-15)18(23)14-5-6-14/h7-8,10,14,21H,3-6,9H2,1-2H3,(H,19,20). The Balaban J connectivity index is 1.66. The molecule has 8 heteroatoms. The fourth-order valence-corrected chi connectivity index (χ4v) is 4.98. The zero-order chi connectivity index (χ0) is 18.5. The zero-order valence-corrected chi connectivity index (χ0v) is 15.7. The first-order valence-corrected chi connectivity index (χ1v) is 10.3. The fourth-order valence-electron chi connectivity index (χ4n) is 3.56. The summed E-state index contributed by atoms with van der Waals surface area (Å²) >= 11 is 0. The number of anilines is 2. The number of carbonyl (C=O) groups is 1. The molecule has 1 aromatic carbocycles. The third kappa shape index (κ3) is 2.98. The van der Waals surface area contributed by atoms with Gasteiger partial charge in [-0.3, -0.25) is 14.6 Å². The second kappa shape index (κ2) is 6.12. The number of fused-ring (bicyclic) bond motifs is 1. The molecule has 7 nitrogen and oxygen atoms in total. The quantitative estimate of drug-likeness (QED) is 0.860. The fraction of sp³-hybridized carbons (Fsp3) is 0.444. The molecular weight excluding hydrogens is 352 g/mol. The SMILES string of the molecule is Cc1n[nH]c(C)c1S(=O)(=O)Nc1ccc2c(c1)N(C(=O)C1CC1)CCC2. The van der Waals surface area contributed by atoms with Crippen molar-refractivity contribution in [2.45, 2.75) is 44.4 Å². The Kier molecular flexibility index (Phi) is 4.02. The number of rotatable bonds is 4. The van der Waals surface area contributed by atoms with Crippen LogP contribution in [0.5, 0.6) is 0 Å². The highest BCUT2D eigenvalue weighted by Crippen LogP contribution is 2.37. The van der Waals surface area contributed by atoms with Crippen molar-refractivity contribution in [3.05, 3.63) is 35.2 Å². The van der Waals surface area contributed by atoms with Crippen molar-refractivity contribution in [2.24, 2.45) is 5.92 Å². The normalized spacial score (nSPS) is 17.1. The van der Waals surface area contributed by atoms with E-state index in [9.17, 15) is 13.2 Å². The molecule has 2 aliphatic rings. The van der Waals surface area contributed by atoms with E-state index in [1.54, 1.807) is 26.0 Å². The smallest absolute Gasteiger partial charge is 0.265 e. The first-order chi connectivity index (χ1) is 12.4. The molecule has 2 aromatic rings. The van der Waals surface area contributed by atoms with E-state index in [4.69, 9.17) is 0 Å². The highest BCUT2D eigenvalue weighted by Gasteiger charge is 2.35. The summed E-state index contributed by atoms with van der Waals surface area (Å²) in [7, 11) is -3.75. The molecule has 138 valence electrons. The summed E-state index contributed by atoms with van der Waals surface area (Å²) in [5.74, 6) is 0.296. The largest absolute Gasteiger partial charge is 0.312 e. The zero-order valence-electron chi connectivity index (χ0n) is 14.9. The molecule has 2 N–H and O–H groups in total. The topological polar surface area (TPSA) is 95.2 Å². The second-order valence-corrected chi connectivity index (χ2v) is 8.70. The number of hydrogen-bond acceptors (Lipinski definition) is 4. The molecule has 1 aliphatic carbocycles. The molecule has 2 heterocycles. The van der Waals surface area contributed by atoms with Gasteiger partial charge in [0.25, 0.3) is 10.0 Å². The summed E-state index contributed by atoms with van der Waals surface area (Å²) in [4.78, 5) is 14.6. The van der Waals surface area contributed by atoms with E-state index in [0.29, 0.717) is 23.6 Å². The molecular formula is C18H22N4O3S. The lowest BCUT2D eigenvalue weighted by atomic mass is 10.0. The molecule has 0 atom stereocenters. The third-order valence-corrected chi connectivity index (χ3v) is 6.62. The second-order valence-electron chi connectivity index (χ2n) is 7.08. The highest BCUT2D eigenvalue weighted by atomic mass is 32.2. The van der Waals surface area contributed by atoms with Crippen molar-refractivity contribution in [3.8, 4) is 0 Å². The molecule has 0 bridgehead atoms. The number of aromatic amines is 1. The maximum absolute atomic E-state index is 12.8. The van der Waals surface area contributed by atoms with Crippen molar-refractivity contribution in [1.82, 2.24) is 10.2 Å². The van der Waals surface area contributed by atoms with Crippen LogP contribution >= 0.6 is 0 Å². The van der Waals surface area contributed by atoms with Crippen molar-refractivity contribution in [3.63, 3.8) is 0 Å². The average molecular weight is 374 g/mol. The molecule has 0 spiro atoms. The van der Waals surface area contributed by atoms with Crippen molar-refractivity contribution < 1.29 is 13.2 Å². The number of aromatic nitrogens is 2. The lowest BCUT2D eigenvalue weighted by Crippen LogP contribution is -2.36. The molecule has 1 aromatic heterocycles. The molecule has 0 unspecified atom stereocenters. The predicted molar refractivity (Wildman–Crippen MR) is 98.7 cm³/mol. The van der Waals surface area contributed by atoms with Crippen LogP contribution in [0.25, 0.3) is 0 Å². The van der Waals surface area contributed by atoms with Gasteiger partial charge in [0, 0.05) is 18.2 Å². The molecule has 4 rings (SSSR count). The van der Waals surface area contributed by atoms with Gasteiger partial charge in [0.15, 0.2) is 0 Å². The maximum Gasteiger partial charge on any atom is 0.265 e. The van der Waals surface area contributed by atoms with Crippen molar-refractivity contribution in [2.75, 3.05) is 16.2 Å². The molecule has 1 amide bonds. The Hall–Kier alpha value is -2.35. The summed E-state index contributed by atoms with van der Waals surface area (Å²) in [5, 5.41) is 6.66. The van der Waals surface area contributed by atoms with Gasteiger partial charge in [-0.05, 0) is 57.2 Å². The van der Waals surface area contributed by atoms with Gasteiger partial charge in [-0.15, -0.1) is 0 Å². The van der Waals surface area contributed by atoms with Crippen LogP contribution in [0.2, 0.25) is 0 Å². The molecule has 1 fully saturated rings. The Morgan fingerprint density at radius 2 is 2.08 bits per heavy atom. The number of H-pyrrole nitrogens is 1. The number of sulfonamides is 1. The van der Waals surface area contributed by atoms with Crippen LogP contribution in [0, 0.1) is 19.8 Å². The number of aryl methyl sites for hydroxylation is 3. The Morgan fingerprint density at radius 3 is 2.73 bits per heavy atom. The van der Waals surface area contributed by atoms with Gasteiger partial charge in [0.05, 0.1) is 17.1 Å². The van der Waals surface area contributed by atoms with Gasteiger partial charge in [0.1, 0.15) is 4.90 Å². The Morgan fingerprint density at radius 1 is 1.31 bits per heavy atom. The molecule has 0 radical (unpaired) electrons. The molecule has 1 saturated carbocycles. The van der Waals surface area contributed by atoms with E-state index in [0.717, 1.165) is 36.9 Å². The lowest BCUT2D eigenvalue weighted by molar-refractivity contribution is -0.119. The van der Waals surface area contributed by atoms with Gasteiger partial charge >= 0.3 is 0 Å². The minimum atomic E-state index is -3.75. The van der Waals surface area contributed by atoms with Gasteiger partial charge < -0.3 is 4.90 Å². The van der Waals surface area contributed by atoms with Crippen LogP contribution in [0.3, 0.4) is 0 Å². The summed E-state index contributed by atoms with van der Waals surface area (Å²) in [5.41, 5.74) is 3.30. The minimum absolute atomic E-state index is 0.137. The van der Waals surface area contributed by atoms with Crippen LogP contribution < -0.4 is 9.62 Å². The summed E-state index contributed by atoms with van der Waals surface area (Å²) in [6.07, 6.45) is 3.74. The minimum Gasteiger partial charge on any atom is -0.312 e. The third-order valence-electron chi connectivity index (χ3n) is 4.98. The van der Waals surface area contributed by atoms with E-state index in [-0.39, 0.29) is 16.7 Å². The van der Waals surface area contributed by atoms with Gasteiger partial charge in [0.2, 0.25) is 5.91 Å². The van der Waals surface area contributed by atoms with Crippen molar-refractivity contribution in [1.29, 1.82) is 0 Å². The lowest BCUT2D eigenvalue weighted by Gasteiger charge is -2.30. The van der Waals surface area contributed by atoms with E-state index >= 15 is 0 Å². The van der Waals surface area contributed by atoms with Crippen LogP contribution in [-0.4, -0.2) is 31.1 Å². The highest BCUT2D eigenvalue weighted by molar-refractivity contribution is 7.92. The summed E-state index contributed by atoms with van der Waals surface area (Å²) in [6.45, 7) is 4.02. The number of hydrogen-bond donors (Lipinski definition) is 2. The van der Waals surface area contributed by atoms with E-state index < -0.39 is 10.0 Å². The van der Waals surface area contributed by atoms with Crippen molar-refractivity contribution >= 4 is 27.3 Å². The van der Waals surface area contributed by atoms with Gasteiger partial charge in [-0.25, -0.2) is 8.42 Å². The predicted octanol–water partition coefficient (Wildman–Crippen LogP) is 2.52. The Bertz CT molecular complexity index is 957. The number of amides is 1. The van der Waals surface area contributed by atoms with Crippen LogP contribution in [0.1, 0.15) is 36.2 Å². The number of carbonyl (C=O) groups excluding carboxylic acids is 1. The van der Waals surface area contributed by atoms with Gasteiger partial charge in [-0.2, -0.15) is 5.10 Å². The number of nitrogens with zero attached hydrogens (tertiary/aromatic N) is 2. The average Bonchev–Trinajstić information content (AvgIpc) is 3.38. The van der Waals surface area contributed by atoms with Crippen LogP contribution in [-0.2, 0) is 21.2 Å². The number of benzene rings is 1. The summed E-state index contributed by atoms with van der Waals surface area (Å²) in [6, 6.07) is 5.44. The van der Waals surface area contributed by atoms with E-state index in [2.05, 4.69) is 14.9 Å². The molecule has 26 heavy (non-hydrogen) atoms. The van der Waals surface area contributed by atoms with Crippen LogP contribution in [0.4, 0.5) is 11.4 Å². The van der Waals surface area contributed by atoms with Crippen LogP contribution in [0.15, 0.2) is 23.1 Å².